The molecule has 104 valence electrons. The Labute approximate surface area is 115 Å². The smallest absolute Gasteiger partial charge is 0.122 e. The molecule has 1 unspecified atom stereocenters. The molecule has 1 aromatic carbocycles. The second-order valence-corrected chi connectivity index (χ2v) is 5.04. The van der Waals surface area contributed by atoms with Crippen molar-refractivity contribution in [2.24, 2.45) is 5.73 Å². The van der Waals surface area contributed by atoms with Gasteiger partial charge in [-0.3, -0.25) is 5.41 Å². The Kier molecular flexibility index (Phi) is 4.80. The van der Waals surface area contributed by atoms with Crippen LogP contribution in [0.3, 0.4) is 0 Å². The highest BCUT2D eigenvalue weighted by molar-refractivity contribution is 5.76. The number of nitrogens with one attached hydrogen (secondary N) is 1. The van der Waals surface area contributed by atoms with E-state index in [0.29, 0.717) is 12.3 Å². The molecule has 0 aliphatic carbocycles. The van der Waals surface area contributed by atoms with E-state index in [4.69, 9.17) is 15.9 Å². The molecule has 1 atom stereocenters. The first-order valence-corrected chi connectivity index (χ1v) is 6.97. The lowest BCUT2D eigenvalue weighted by Crippen LogP contribution is -2.33. The van der Waals surface area contributed by atoms with Crippen LogP contribution in [0, 0.1) is 5.41 Å². The zero-order valence-corrected chi connectivity index (χ0v) is 11.6. The first kappa shape index (κ1) is 13.9. The summed E-state index contributed by atoms with van der Waals surface area (Å²) in [5.41, 5.74) is 6.76. The van der Waals surface area contributed by atoms with Gasteiger partial charge in [-0.15, -0.1) is 0 Å². The first-order valence-electron chi connectivity index (χ1n) is 6.97. The standard InChI is InChI=1S/C15H23N3O/c1-2-18(9-7-15(16)17)11-12-8-10-19-14-6-4-3-5-13(12)14/h3-6,12H,2,7-11H2,1H3,(H3,16,17). The van der Waals surface area contributed by atoms with Crippen molar-refractivity contribution in [2.75, 3.05) is 26.2 Å². The van der Waals surface area contributed by atoms with Gasteiger partial charge in [-0.1, -0.05) is 25.1 Å². The van der Waals surface area contributed by atoms with Gasteiger partial charge in [0.15, 0.2) is 0 Å². The third kappa shape index (κ3) is 3.70. The number of likely N-dealkylation sites (N-methyl/N-ethyl adjacent to an activating group) is 1. The van der Waals surface area contributed by atoms with E-state index in [9.17, 15) is 0 Å². The minimum atomic E-state index is 0.269. The fourth-order valence-electron chi connectivity index (χ4n) is 2.57. The largest absolute Gasteiger partial charge is 0.493 e. The van der Waals surface area contributed by atoms with Crippen molar-refractivity contribution in [3.05, 3.63) is 29.8 Å². The maximum Gasteiger partial charge on any atom is 0.122 e. The summed E-state index contributed by atoms with van der Waals surface area (Å²) >= 11 is 0. The molecule has 1 aliphatic rings. The molecule has 0 amide bonds. The summed E-state index contributed by atoms with van der Waals surface area (Å²) in [5.74, 6) is 1.82. The maximum absolute atomic E-state index is 7.33. The van der Waals surface area contributed by atoms with Gasteiger partial charge in [-0.25, -0.2) is 0 Å². The van der Waals surface area contributed by atoms with Gasteiger partial charge in [-0.2, -0.15) is 0 Å². The summed E-state index contributed by atoms with van der Waals surface area (Å²) in [6, 6.07) is 8.31. The lowest BCUT2D eigenvalue weighted by Gasteiger charge is -2.30. The van der Waals surface area contributed by atoms with Crippen LogP contribution in [0.5, 0.6) is 5.75 Å². The van der Waals surface area contributed by atoms with Gasteiger partial charge >= 0.3 is 0 Å². The van der Waals surface area contributed by atoms with Crippen LogP contribution in [0.2, 0.25) is 0 Å². The number of nitrogens with two attached hydrogens (primary N) is 1. The van der Waals surface area contributed by atoms with Crippen LogP contribution >= 0.6 is 0 Å². The Morgan fingerprint density at radius 1 is 1.47 bits per heavy atom. The zero-order chi connectivity index (χ0) is 13.7. The molecule has 2 rings (SSSR count). The fraction of sp³-hybridized carbons (Fsp3) is 0.533. The molecular formula is C15H23N3O. The molecule has 0 saturated carbocycles. The average molecular weight is 261 g/mol. The molecule has 1 aliphatic heterocycles. The molecule has 4 nitrogen and oxygen atoms in total. The molecule has 0 spiro atoms. The number of para-hydroxylation sites is 1. The predicted molar refractivity (Wildman–Crippen MR) is 77.9 cm³/mol. The Morgan fingerprint density at radius 2 is 2.26 bits per heavy atom. The highest BCUT2D eigenvalue weighted by Gasteiger charge is 2.22. The number of hydrogen-bond donors (Lipinski definition) is 2. The molecule has 3 N–H and O–H groups in total. The summed E-state index contributed by atoms with van der Waals surface area (Å²) in [7, 11) is 0. The van der Waals surface area contributed by atoms with E-state index in [0.717, 1.165) is 38.4 Å². The monoisotopic (exact) mass is 261 g/mol. The third-order valence-electron chi connectivity index (χ3n) is 3.71. The summed E-state index contributed by atoms with van der Waals surface area (Å²) in [4.78, 5) is 2.37. The van der Waals surface area contributed by atoms with Gasteiger partial charge < -0.3 is 15.4 Å². The van der Waals surface area contributed by atoms with Gasteiger partial charge in [0.1, 0.15) is 5.75 Å². The molecule has 0 bridgehead atoms. The van der Waals surface area contributed by atoms with Gasteiger partial charge in [0.05, 0.1) is 12.4 Å². The minimum absolute atomic E-state index is 0.269. The van der Waals surface area contributed by atoms with E-state index >= 15 is 0 Å². The number of fused-ring (bicyclic) bond motifs is 1. The molecule has 4 heteroatoms. The van der Waals surface area contributed by atoms with Crippen molar-refractivity contribution in [3.8, 4) is 5.75 Å². The van der Waals surface area contributed by atoms with E-state index in [1.54, 1.807) is 0 Å². The lowest BCUT2D eigenvalue weighted by atomic mass is 9.92. The zero-order valence-electron chi connectivity index (χ0n) is 11.6. The van der Waals surface area contributed by atoms with Gasteiger partial charge in [0, 0.05) is 25.4 Å². The summed E-state index contributed by atoms with van der Waals surface area (Å²) in [6.07, 6.45) is 1.71. The van der Waals surface area contributed by atoms with Gasteiger partial charge in [0.25, 0.3) is 0 Å². The van der Waals surface area contributed by atoms with Crippen molar-refractivity contribution in [3.63, 3.8) is 0 Å². The fourth-order valence-corrected chi connectivity index (χ4v) is 2.57. The minimum Gasteiger partial charge on any atom is -0.493 e. The van der Waals surface area contributed by atoms with Gasteiger partial charge in [0.2, 0.25) is 0 Å². The molecular weight excluding hydrogens is 238 g/mol. The van der Waals surface area contributed by atoms with Crippen LogP contribution < -0.4 is 10.5 Å². The van der Waals surface area contributed by atoms with Crippen LogP contribution in [0.15, 0.2) is 24.3 Å². The van der Waals surface area contributed by atoms with Crippen molar-refractivity contribution in [2.45, 2.75) is 25.7 Å². The quantitative estimate of drug-likeness (QED) is 0.609. The van der Waals surface area contributed by atoms with E-state index < -0.39 is 0 Å². The number of rotatable bonds is 6. The molecule has 1 heterocycles. The van der Waals surface area contributed by atoms with Gasteiger partial charge in [-0.05, 0) is 24.6 Å². The molecule has 0 fully saturated rings. The third-order valence-corrected chi connectivity index (χ3v) is 3.71. The maximum atomic E-state index is 7.33. The predicted octanol–water partition coefficient (Wildman–Crippen LogP) is 2.20. The number of hydrogen-bond acceptors (Lipinski definition) is 3. The van der Waals surface area contributed by atoms with E-state index in [-0.39, 0.29) is 5.84 Å². The SMILES string of the molecule is CCN(CCC(=N)N)CC1CCOc2ccccc21. The number of nitrogens with zero attached hydrogens (tertiary/aromatic N) is 1. The van der Waals surface area contributed by atoms with Crippen LogP contribution in [0.25, 0.3) is 0 Å². The number of amidine groups is 1. The van der Waals surface area contributed by atoms with E-state index in [1.165, 1.54) is 5.56 Å². The van der Waals surface area contributed by atoms with Crippen molar-refractivity contribution < 1.29 is 4.74 Å². The van der Waals surface area contributed by atoms with Crippen molar-refractivity contribution in [1.29, 1.82) is 5.41 Å². The molecule has 0 aromatic heterocycles. The first-order chi connectivity index (χ1) is 9.20. The highest BCUT2D eigenvalue weighted by Crippen LogP contribution is 2.33. The lowest BCUT2D eigenvalue weighted by molar-refractivity contribution is 0.219. The molecule has 0 saturated heterocycles. The second-order valence-electron chi connectivity index (χ2n) is 5.04. The van der Waals surface area contributed by atoms with Crippen LogP contribution in [-0.4, -0.2) is 37.0 Å². The highest BCUT2D eigenvalue weighted by atomic mass is 16.5. The Balaban J connectivity index is 2.00. The Morgan fingerprint density at radius 3 is 3.00 bits per heavy atom. The van der Waals surface area contributed by atoms with Crippen molar-refractivity contribution in [1.82, 2.24) is 4.90 Å². The second kappa shape index (κ2) is 6.57. The summed E-state index contributed by atoms with van der Waals surface area (Å²) < 4.78 is 5.69. The van der Waals surface area contributed by atoms with Crippen molar-refractivity contribution >= 4 is 5.84 Å². The average Bonchev–Trinajstić information content (AvgIpc) is 2.43. The number of benzene rings is 1. The van der Waals surface area contributed by atoms with E-state index in [2.05, 4.69) is 24.0 Å². The normalized spacial score (nSPS) is 17.9. The van der Waals surface area contributed by atoms with Crippen LogP contribution in [0.4, 0.5) is 0 Å². The van der Waals surface area contributed by atoms with Crippen LogP contribution in [-0.2, 0) is 0 Å². The number of ether oxygens (including phenoxy) is 1. The van der Waals surface area contributed by atoms with Crippen LogP contribution in [0.1, 0.15) is 31.2 Å². The Bertz CT molecular complexity index is 433. The molecule has 0 radical (unpaired) electrons. The van der Waals surface area contributed by atoms with E-state index in [1.807, 2.05) is 12.1 Å². The molecule has 1 aromatic rings. The Hall–Kier alpha value is -1.55. The summed E-state index contributed by atoms with van der Waals surface area (Å²) in [6.45, 7) is 5.83. The topological polar surface area (TPSA) is 62.3 Å². The molecule has 19 heavy (non-hydrogen) atoms. The summed E-state index contributed by atoms with van der Waals surface area (Å²) in [5, 5.41) is 7.33.